The largest absolute Gasteiger partial charge is 0.467 e. The lowest BCUT2D eigenvalue weighted by Crippen LogP contribution is -2.20. The van der Waals surface area contributed by atoms with E-state index in [1.54, 1.807) is 14.2 Å². The Morgan fingerprint density at radius 2 is 1.88 bits per heavy atom. The highest BCUT2D eigenvalue weighted by Crippen LogP contribution is 2.13. The average molecular weight is 239 g/mol. The van der Waals surface area contributed by atoms with Crippen LogP contribution in [0.15, 0.2) is 0 Å². The third kappa shape index (κ3) is 4.05. The number of nitrogens with zero attached hydrogens (tertiary/aromatic N) is 3. The van der Waals surface area contributed by atoms with Crippen molar-refractivity contribution in [3.8, 4) is 6.01 Å². The fourth-order valence-corrected chi connectivity index (χ4v) is 1.53. The number of methoxy groups -OCH3 is 1. The summed E-state index contributed by atoms with van der Waals surface area (Å²) in [6.45, 7) is 4.31. The van der Waals surface area contributed by atoms with Crippen LogP contribution in [0.4, 0.5) is 11.9 Å². The van der Waals surface area contributed by atoms with Gasteiger partial charge in [-0.25, -0.2) is 0 Å². The molecular formula is C11H21N5O. The van der Waals surface area contributed by atoms with E-state index in [1.807, 2.05) is 0 Å². The van der Waals surface area contributed by atoms with E-state index >= 15 is 0 Å². The average Bonchev–Trinajstić information content (AvgIpc) is 2.37. The van der Waals surface area contributed by atoms with Crippen molar-refractivity contribution >= 4 is 11.9 Å². The Labute approximate surface area is 102 Å². The molecule has 0 aliphatic heterocycles. The summed E-state index contributed by atoms with van der Waals surface area (Å²) in [7, 11) is 3.31. The summed E-state index contributed by atoms with van der Waals surface area (Å²) in [6.07, 6.45) is 3.27. The second kappa shape index (κ2) is 6.88. The van der Waals surface area contributed by atoms with Crippen molar-refractivity contribution in [2.45, 2.75) is 39.2 Å². The molecule has 0 bridgehead atoms. The normalized spacial score (nSPS) is 12.0. The quantitative estimate of drug-likeness (QED) is 0.757. The third-order valence-electron chi connectivity index (χ3n) is 2.48. The van der Waals surface area contributed by atoms with Crippen molar-refractivity contribution in [1.82, 2.24) is 15.0 Å². The minimum absolute atomic E-state index is 0.318. The lowest BCUT2D eigenvalue weighted by Gasteiger charge is -2.16. The number of nitrogens with one attached hydrogen (secondary N) is 2. The van der Waals surface area contributed by atoms with Crippen LogP contribution in [0.2, 0.25) is 0 Å². The first-order valence-corrected chi connectivity index (χ1v) is 5.97. The van der Waals surface area contributed by atoms with Crippen molar-refractivity contribution in [2.24, 2.45) is 0 Å². The van der Waals surface area contributed by atoms with E-state index < -0.39 is 0 Å². The van der Waals surface area contributed by atoms with Crippen LogP contribution in [0.25, 0.3) is 0 Å². The highest BCUT2D eigenvalue weighted by molar-refractivity contribution is 5.36. The number of rotatable bonds is 7. The second-order valence-electron chi connectivity index (χ2n) is 3.76. The van der Waals surface area contributed by atoms with Gasteiger partial charge in [0.25, 0.3) is 0 Å². The summed E-state index contributed by atoms with van der Waals surface area (Å²) in [5.41, 5.74) is 0. The van der Waals surface area contributed by atoms with Crippen molar-refractivity contribution < 1.29 is 4.74 Å². The maximum Gasteiger partial charge on any atom is 0.322 e. The summed E-state index contributed by atoms with van der Waals surface area (Å²) in [5.74, 6) is 1.06. The van der Waals surface area contributed by atoms with Gasteiger partial charge in [-0.15, -0.1) is 0 Å². The molecule has 2 N–H and O–H groups in total. The monoisotopic (exact) mass is 239 g/mol. The summed E-state index contributed by atoms with van der Waals surface area (Å²) in [5, 5.41) is 6.18. The van der Waals surface area contributed by atoms with E-state index in [1.165, 1.54) is 0 Å². The molecule has 1 heterocycles. The standard InChI is InChI=1S/C11H21N5O/c1-5-7-8(6-2)13-10-14-9(12-3)15-11(16-10)17-4/h8H,5-7H2,1-4H3,(H2,12,13,14,15,16). The van der Waals surface area contributed by atoms with Gasteiger partial charge in [0, 0.05) is 13.1 Å². The lowest BCUT2D eigenvalue weighted by molar-refractivity contribution is 0.379. The molecule has 0 aromatic carbocycles. The molecule has 0 radical (unpaired) electrons. The van der Waals surface area contributed by atoms with E-state index in [9.17, 15) is 0 Å². The van der Waals surface area contributed by atoms with Crippen molar-refractivity contribution in [3.63, 3.8) is 0 Å². The molecule has 0 saturated heterocycles. The Morgan fingerprint density at radius 1 is 1.18 bits per heavy atom. The fraction of sp³-hybridized carbons (Fsp3) is 0.727. The first-order chi connectivity index (χ1) is 8.23. The highest BCUT2D eigenvalue weighted by atomic mass is 16.5. The van der Waals surface area contributed by atoms with Gasteiger partial charge in [0.1, 0.15) is 0 Å². The maximum atomic E-state index is 5.03. The van der Waals surface area contributed by atoms with E-state index in [-0.39, 0.29) is 0 Å². The third-order valence-corrected chi connectivity index (χ3v) is 2.48. The van der Waals surface area contributed by atoms with Crippen molar-refractivity contribution in [3.05, 3.63) is 0 Å². The van der Waals surface area contributed by atoms with Gasteiger partial charge in [-0.3, -0.25) is 0 Å². The zero-order chi connectivity index (χ0) is 12.7. The van der Waals surface area contributed by atoms with Crippen LogP contribution in [0.1, 0.15) is 33.1 Å². The summed E-state index contributed by atoms with van der Waals surface area (Å²) in [4.78, 5) is 12.5. The Balaban J connectivity index is 2.81. The molecule has 0 spiro atoms. The van der Waals surface area contributed by atoms with E-state index in [2.05, 4.69) is 39.4 Å². The molecule has 1 rings (SSSR count). The Bertz CT molecular complexity index is 322. The minimum Gasteiger partial charge on any atom is -0.467 e. The topological polar surface area (TPSA) is 72.0 Å². The molecular weight excluding hydrogens is 218 g/mol. The molecule has 1 atom stereocenters. The van der Waals surface area contributed by atoms with Crippen molar-refractivity contribution in [1.29, 1.82) is 0 Å². The maximum absolute atomic E-state index is 5.03. The number of hydrogen-bond donors (Lipinski definition) is 2. The van der Waals surface area contributed by atoms with Crippen LogP contribution in [-0.2, 0) is 0 Å². The van der Waals surface area contributed by atoms with Crippen LogP contribution in [-0.4, -0.2) is 35.2 Å². The highest BCUT2D eigenvalue weighted by Gasteiger charge is 2.10. The van der Waals surface area contributed by atoms with Crippen LogP contribution in [0, 0.1) is 0 Å². The fourth-order valence-electron chi connectivity index (χ4n) is 1.53. The van der Waals surface area contributed by atoms with Gasteiger partial charge in [-0.1, -0.05) is 20.3 Å². The number of anilines is 2. The van der Waals surface area contributed by atoms with Gasteiger partial charge < -0.3 is 15.4 Å². The summed E-state index contributed by atoms with van der Waals surface area (Å²) >= 11 is 0. The van der Waals surface area contributed by atoms with Gasteiger partial charge in [0.05, 0.1) is 7.11 Å². The Morgan fingerprint density at radius 3 is 2.41 bits per heavy atom. The number of aromatic nitrogens is 3. The van der Waals surface area contributed by atoms with Gasteiger partial charge in [-0.05, 0) is 12.8 Å². The van der Waals surface area contributed by atoms with E-state index in [4.69, 9.17) is 4.74 Å². The van der Waals surface area contributed by atoms with Crippen LogP contribution >= 0.6 is 0 Å². The number of ether oxygens (including phenoxy) is 1. The van der Waals surface area contributed by atoms with Crippen molar-refractivity contribution in [2.75, 3.05) is 24.8 Å². The van der Waals surface area contributed by atoms with Gasteiger partial charge in [0.2, 0.25) is 11.9 Å². The lowest BCUT2D eigenvalue weighted by atomic mass is 10.1. The molecule has 0 fully saturated rings. The molecule has 6 heteroatoms. The molecule has 0 amide bonds. The Hall–Kier alpha value is -1.59. The molecule has 1 aromatic rings. The molecule has 1 unspecified atom stereocenters. The molecule has 6 nitrogen and oxygen atoms in total. The minimum atomic E-state index is 0.318. The molecule has 0 aliphatic carbocycles. The zero-order valence-electron chi connectivity index (χ0n) is 10.9. The first-order valence-electron chi connectivity index (χ1n) is 5.97. The van der Waals surface area contributed by atoms with Crippen LogP contribution in [0.5, 0.6) is 6.01 Å². The summed E-state index contributed by atoms with van der Waals surface area (Å²) in [6, 6.07) is 0.704. The smallest absolute Gasteiger partial charge is 0.322 e. The molecule has 96 valence electrons. The summed E-state index contributed by atoms with van der Waals surface area (Å²) < 4.78 is 5.03. The van der Waals surface area contributed by atoms with Crippen LogP contribution in [0.3, 0.4) is 0 Å². The number of hydrogen-bond acceptors (Lipinski definition) is 6. The van der Waals surface area contributed by atoms with Gasteiger partial charge in [0.15, 0.2) is 0 Å². The van der Waals surface area contributed by atoms with Gasteiger partial charge >= 0.3 is 6.01 Å². The molecule has 0 saturated carbocycles. The Kier molecular flexibility index (Phi) is 5.45. The zero-order valence-corrected chi connectivity index (χ0v) is 10.9. The predicted molar refractivity (Wildman–Crippen MR) is 68.5 cm³/mol. The predicted octanol–water partition coefficient (Wildman–Crippen LogP) is 1.91. The van der Waals surface area contributed by atoms with E-state index in [0.717, 1.165) is 19.3 Å². The van der Waals surface area contributed by atoms with E-state index in [0.29, 0.717) is 23.9 Å². The first kappa shape index (κ1) is 13.5. The molecule has 0 aliphatic rings. The SMILES string of the molecule is CCCC(CC)Nc1nc(NC)nc(OC)n1. The second-order valence-corrected chi connectivity index (χ2v) is 3.76. The molecule has 1 aromatic heterocycles. The molecule has 17 heavy (non-hydrogen) atoms. The van der Waals surface area contributed by atoms with Gasteiger partial charge in [-0.2, -0.15) is 15.0 Å². The van der Waals surface area contributed by atoms with Crippen LogP contribution < -0.4 is 15.4 Å².